The molecular formula is C22H35N9O2. The molecule has 2 aromatic rings. The minimum Gasteiger partial charge on any atom is -0.372 e. The third kappa shape index (κ3) is 8.44. The predicted octanol–water partition coefficient (Wildman–Crippen LogP) is 0.754. The van der Waals surface area contributed by atoms with Crippen LogP contribution in [0.1, 0.15) is 11.5 Å². The molecule has 0 saturated carbocycles. The summed E-state index contributed by atoms with van der Waals surface area (Å²) in [6.45, 7) is 7.49. The topological polar surface area (TPSA) is 115 Å². The van der Waals surface area contributed by atoms with Crippen molar-refractivity contribution in [3.05, 3.63) is 35.8 Å². The zero-order valence-corrected chi connectivity index (χ0v) is 20.0. The SMILES string of the molecule is Cc1cc(Nc2cc(N3CCN(C)CC3)nc(COCCNC(=O)/C=C/CN(C)C)n2)n[nH]1. The number of anilines is 3. The molecule has 33 heavy (non-hydrogen) atoms. The molecule has 0 radical (unpaired) electrons. The molecule has 3 heterocycles. The lowest BCUT2D eigenvalue weighted by Crippen LogP contribution is -2.45. The lowest BCUT2D eigenvalue weighted by Gasteiger charge is -2.33. The van der Waals surface area contributed by atoms with E-state index in [0.717, 1.165) is 44.2 Å². The van der Waals surface area contributed by atoms with Crippen molar-refractivity contribution in [2.75, 3.05) is 77.2 Å². The van der Waals surface area contributed by atoms with E-state index in [2.05, 4.69) is 42.7 Å². The Hall–Kier alpha value is -3.02. The summed E-state index contributed by atoms with van der Waals surface area (Å²) < 4.78 is 5.73. The van der Waals surface area contributed by atoms with Crippen molar-refractivity contribution >= 4 is 23.4 Å². The Labute approximate surface area is 195 Å². The molecule has 3 N–H and O–H groups in total. The Kier molecular flexibility index (Phi) is 9.16. The first-order chi connectivity index (χ1) is 15.9. The minimum atomic E-state index is -0.130. The number of aromatic nitrogens is 4. The standard InChI is InChI=1S/C22H35N9O2/c1-17-14-19(28-27-17)24-18-15-21(31-11-9-30(4)10-12-31)26-20(25-18)16-33-13-7-23-22(32)6-5-8-29(2)3/h5-6,14-15H,7-13,16H2,1-4H3,(H,23,32)(H2,24,25,26,27,28)/b6-5+. The number of likely N-dealkylation sites (N-methyl/N-ethyl adjacent to an activating group) is 2. The maximum Gasteiger partial charge on any atom is 0.243 e. The summed E-state index contributed by atoms with van der Waals surface area (Å²) in [4.78, 5) is 27.7. The molecule has 1 fully saturated rings. The summed E-state index contributed by atoms with van der Waals surface area (Å²) in [7, 11) is 6.03. The average molecular weight is 458 g/mol. The highest BCUT2D eigenvalue weighted by Crippen LogP contribution is 2.20. The fourth-order valence-corrected chi connectivity index (χ4v) is 3.26. The predicted molar refractivity (Wildman–Crippen MR) is 129 cm³/mol. The quantitative estimate of drug-likeness (QED) is 0.332. The monoisotopic (exact) mass is 457 g/mol. The number of piperazine rings is 1. The van der Waals surface area contributed by atoms with Crippen LogP contribution in [-0.2, 0) is 16.1 Å². The number of nitrogens with zero attached hydrogens (tertiary/aromatic N) is 6. The van der Waals surface area contributed by atoms with Crippen LogP contribution in [0.3, 0.4) is 0 Å². The lowest BCUT2D eigenvalue weighted by molar-refractivity contribution is -0.116. The number of aryl methyl sites for hydroxylation is 1. The van der Waals surface area contributed by atoms with Gasteiger partial charge in [-0.2, -0.15) is 5.10 Å². The fraction of sp³-hybridized carbons (Fsp3) is 0.545. The van der Waals surface area contributed by atoms with Gasteiger partial charge in [-0.1, -0.05) is 6.08 Å². The lowest BCUT2D eigenvalue weighted by atomic mass is 10.3. The molecule has 2 aromatic heterocycles. The number of rotatable bonds is 11. The van der Waals surface area contributed by atoms with E-state index in [4.69, 9.17) is 9.72 Å². The number of nitrogens with one attached hydrogen (secondary N) is 3. The second kappa shape index (κ2) is 12.3. The van der Waals surface area contributed by atoms with E-state index in [9.17, 15) is 4.79 Å². The number of carbonyl (C=O) groups is 1. The average Bonchev–Trinajstić information content (AvgIpc) is 3.18. The van der Waals surface area contributed by atoms with Crippen molar-refractivity contribution in [3.63, 3.8) is 0 Å². The number of hydrogen-bond donors (Lipinski definition) is 3. The molecule has 1 saturated heterocycles. The molecule has 11 nitrogen and oxygen atoms in total. The summed E-state index contributed by atoms with van der Waals surface area (Å²) >= 11 is 0. The van der Waals surface area contributed by atoms with E-state index in [1.807, 2.05) is 44.1 Å². The fourth-order valence-electron chi connectivity index (χ4n) is 3.26. The Bertz CT molecular complexity index is 920. The van der Waals surface area contributed by atoms with Gasteiger partial charge in [0.25, 0.3) is 0 Å². The summed E-state index contributed by atoms with van der Waals surface area (Å²) in [6, 6.07) is 3.86. The molecule has 0 atom stereocenters. The van der Waals surface area contributed by atoms with Crippen LogP contribution in [0.2, 0.25) is 0 Å². The van der Waals surface area contributed by atoms with E-state index >= 15 is 0 Å². The van der Waals surface area contributed by atoms with Crippen LogP contribution < -0.4 is 15.5 Å². The zero-order valence-electron chi connectivity index (χ0n) is 20.0. The second-order valence-corrected chi connectivity index (χ2v) is 8.39. The normalized spacial score (nSPS) is 14.9. The van der Waals surface area contributed by atoms with Gasteiger partial charge in [0.1, 0.15) is 18.2 Å². The van der Waals surface area contributed by atoms with Crippen LogP contribution in [0.25, 0.3) is 0 Å². The molecule has 3 rings (SSSR count). The van der Waals surface area contributed by atoms with Crippen molar-refractivity contribution in [2.24, 2.45) is 0 Å². The highest BCUT2D eigenvalue weighted by Gasteiger charge is 2.17. The van der Waals surface area contributed by atoms with Crippen LogP contribution in [0.15, 0.2) is 24.3 Å². The van der Waals surface area contributed by atoms with Gasteiger partial charge in [0.2, 0.25) is 5.91 Å². The van der Waals surface area contributed by atoms with Gasteiger partial charge < -0.3 is 30.1 Å². The highest BCUT2D eigenvalue weighted by atomic mass is 16.5. The molecule has 0 spiro atoms. The number of amides is 1. The van der Waals surface area contributed by atoms with Crippen LogP contribution in [0.4, 0.5) is 17.5 Å². The van der Waals surface area contributed by atoms with Crippen molar-refractivity contribution in [1.29, 1.82) is 0 Å². The van der Waals surface area contributed by atoms with E-state index in [1.54, 1.807) is 0 Å². The third-order valence-electron chi connectivity index (χ3n) is 5.06. The van der Waals surface area contributed by atoms with Crippen LogP contribution >= 0.6 is 0 Å². The third-order valence-corrected chi connectivity index (χ3v) is 5.06. The van der Waals surface area contributed by atoms with Gasteiger partial charge in [0.05, 0.1) is 6.61 Å². The second-order valence-electron chi connectivity index (χ2n) is 8.39. The molecule has 0 aromatic carbocycles. The Balaban J connectivity index is 1.56. The number of H-pyrrole nitrogens is 1. The van der Waals surface area contributed by atoms with E-state index in [-0.39, 0.29) is 12.5 Å². The number of hydrogen-bond acceptors (Lipinski definition) is 9. The van der Waals surface area contributed by atoms with Crippen molar-refractivity contribution in [2.45, 2.75) is 13.5 Å². The molecule has 0 aliphatic carbocycles. The highest BCUT2D eigenvalue weighted by molar-refractivity contribution is 5.87. The van der Waals surface area contributed by atoms with E-state index in [1.165, 1.54) is 6.08 Å². The van der Waals surface area contributed by atoms with Crippen LogP contribution in [-0.4, -0.2) is 103 Å². The summed E-state index contributed by atoms with van der Waals surface area (Å²) in [5.74, 6) is 2.69. The maximum absolute atomic E-state index is 11.8. The first-order valence-electron chi connectivity index (χ1n) is 11.2. The van der Waals surface area contributed by atoms with Gasteiger partial charge in [-0.05, 0) is 28.1 Å². The zero-order chi connectivity index (χ0) is 23.6. The van der Waals surface area contributed by atoms with Gasteiger partial charge in [-0.3, -0.25) is 9.89 Å². The Morgan fingerprint density at radius 2 is 2.00 bits per heavy atom. The van der Waals surface area contributed by atoms with Crippen molar-refractivity contribution < 1.29 is 9.53 Å². The first-order valence-corrected chi connectivity index (χ1v) is 11.2. The van der Waals surface area contributed by atoms with Crippen LogP contribution in [0.5, 0.6) is 0 Å². The van der Waals surface area contributed by atoms with E-state index < -0.39 is 0 Å². The number of aromatic amines is 1. The molecule has 0 bridgehead atoms. The van der Waals surface area contributed by atoms with E-state index in [0.29, 0.717) is 30.6 Å². The van der Waals surface area contributed by atoms with Gasteiger partial charge in [0.15, 0.2) is 11.6 Å². The minimum absolute atomic E-state index is 0.130. The van der Waals surface area contributed by atoms with Gasteiger partial charge in [-0.15, -0.1) is 0 Å². The molecular weight excluding hydrogens is 422 g/mol. The summed E-state index contributed by atoms with van der Waals surface area (Å²) in [5.41, 5.74) is 0.966. The number of carbonyl (C=O) groups excluding carboxylic acids is 1. The summed E-state index contributed by atoms with van der Waals surface area (Å²) in [6.07, 6.45) is 3.36. The molecule has 0 unspecified atom stereocenters. The molecule has 1 aliphatic heterocycles. The van der Waals surface area contributed by atoms with Crippen molar-refractivity contribution in [3.8, 4) is 0 Å². The maximum atomic E-state index is 11.8. The number of ether oxygens (including phenoxy) is 1. The Morgan fingerprint density at radius 3 is 2.70 bits per heavy atom. The largest absolute Gasteiger partial charge is 0.372 e. The van der Waals surface area contributed by atoms with Crippen molar-refractivity contribution in [1.82, 2.24) is 35.3 Å². The first kappa shape index (κ1) is 24.6. The summed E-state index contributed by atoms with van der Waals surface area (Å²) in [5, 5.41) is 13.2. The Morgan fingerprint density at radius 1 is 1.21 bits per heavy atom. The molecule has 1 amide bonds. The molecule has 180 valence electrons. The smallest absolute Gasteiger partial charge is 0.243 e. The van der Waals surface area contributed by atoms with Gasteiger partial charge in [-0.25, -0.2) is 9.97 Å². The molecule has 1 aliphatic rings. The van der Waals surface area contributed by atoms with Crippen LogP contribution in [0, 0.1) is 6.92 Å². The molecule has 11 heteroatoms. The van der Waals surface area contributed by atoms with Gasteiger partial charge in [0, 0.05) is 63.2 Å². The van der Waals surface area contributed by atoms with Gasteiger partial charge >= 0.3 is 0 Å².